The summed E-state index contributed by atoms with van der Waals surface area (Å²) in [5.74, 6) is 0. The third-order valence-corrected chi connectivity index (χ3v) is 3.54. The summed E-state index contributed by atoms with van der Waals surface area (Å²) in [6.45, 7) is -0.00369. The molecule has 0 saturated carbocycles. The molecule has 0 aliphatic carbocycles. The second-order valence-corrected chi connectivity index (χ2v) is 6.46. The Morgan fingerprint density at radius 3 is 2.72 bits per heavy atom. The van der Waals surface area contributed by atoms with Crippen molar-refractivity contribution in [2.75, 3.05) is 11.6 Å². The molecule has 98 valence electrons. The van der Waals surface area contributed by atoms with Gasteiger partial charge in [0.15, 0.2) is 4.17 Å². The van der Waals surface area contributed by atoms with E-state index in [2.05, 4.69) is 0 Å². The second-order valence-electron chi connectivity index (χ2n) is 3.31. The molecule has 1 aromatic rings. The number of amides is 2. The van der Waals surface area contributed by atoms with Gasteiger partial charge in [0.2, 0.25) is 0 Å². The van der Waals surface area contributed by atoms with Crippen LogP contribution in [0.25, 0.3) is 0 Å². The summed E-state index contributed by atoms with van der Waals surface area (Å²) < 4.78 is 13.7. The number of hydrazine groups is 1. The first-order chi connectivity index (χ1) is 8.49. The lowest BCUT2D eigenvalue weighted by Gasteiger charge is -2.16. The van der Waals surface area contributed by atoms with Gasteiger partial charge in [-0.1, -0.05) is 50.6 Å². The van der Waals surface area contributed by atoms with Crippen LogP contribution in [0.3, 0.4) is 0 Å². The molecule has 1 aliphatic heterocycles. The highest BCUT2D eigenvalue weighted by molar-refractivity contribution is 8.00. The lowest BCUT2D eigenvalue weighted by molar-refractivity contribution is -0.0290. The van der Waals surface area contributed by atoms with E-state index >= 15 is 0 Å². The van der Waals surface area contributed by atoms with Gasteiger partial charge >= 0.3 is 6.03 Å². The minimum atomic E-state index is -0.865. The summed E-state index contributed by atoms with van der Waals surface area (Å²) in [5.41, 5.74) is 0.499. The van der Waals surface area contributed by atoms with Gasteiger partial charge in [-0.2, -0.15) is 0 Å². The van der Waals surface area contributed by atoms with E-state index in [1.54, 1.807) is 24.3 Å². The molecular weight excluding hydrogens is 324 g/mol. The normalized spacial score (nSPS) is 17.1. The first-order valence-electron chi connectivity index (χ1n) is 4.74. The van der Waals surface area contributed by atoms with Crippen molar-refractivity contribution in [3.05, 3.63) is 29.3 Å². The van der Waals surface area contributed by atoms with E-state index in [1.165, 1.54) is 4.90 Å². The molecule has 1 heterocycles. The van der Waals surface area contributed by atoms with Crippen LogP contribution in [0, 0.1) is 0 Å². The highest BCUT2D eigenvalue weighted by Crippen LogP contribution is 2.33. The zero-order valence-electron chi connectivity index (χ0n) is 8.76. The van der Waals surface area contributed by atoms with Crippen LogP contribution in [0.15, 0.2) is 24.3 Å². The maximum Gasteiger partial charge on any atom is 0.370 e. The summed E-state index contributed by atoms with van der Waals surface area (Å²) in [6.07, 6.45) is 0. The lowest BCUT2D eigenvalue weighted by atomic mass is 10.3. The molecular formula is C9H7Cl3FN3OS. The lowest BCUT2D eigenvalue weighted by Crippen LogP contribution is -2.28. The van der Waals surface area contributed by atoms with Crippen molar-refractivity contribution in [3.63, 3.8) is 0 Å². The molecule has 0 unspecified atom stereocenters. The van der Waals surface area contributed by atoms with E-state index < -0.39 is 10.2 Å². The fraction of sp³-hybridized carbons (Fsp3) is 0.222. The molecule has 1 aromatic carbocycles. The standard InChI is InChI=1S/C9H7Cl3FN3OS/c10-6-2-1-3-7(4-6)14-5-15(18-8(11)12)16(13)9(14)17/h1-4,8H,5H2. The van der Waals surface area contributed by atoms with Crippen LogP contribution in [0.4, 0.5) is 15.0 Å². The van der Waals surface area contributed by atoms with E-state index in [0.29, 0.717) is 10.7 Å². The molecule has 1 saturated heterocycles. The van der Waals surface area contributed by atoms with Crippen molar-refractivity contribution in [1.29, 1.82) is 0 Å². The van der Waals surface area contributed by atoms with Gasteiger partial charge in [-0.25, -0.2) is 4.79 Å². The number of carbonyl (C=O) groups is 1. The van der Waals surface area contributed by atoms with Crippen LogP contribution < -0.4 is 4.90 Å². The van der Waals surface area contributed by atoms with E-state index in [1.807, 2.05) is 0 Å². The monoisotopic (exact) mass is 329 g/mol. The van der Waals surface area contributed by atoms with E-state index in [4.69, 9.17) is 34.8 Å². The number of nitrogens with zero attached hydrogens (tertiary/aromatic N) is 3. The number of benzene rings is 1. The first-order valence-corrected chi connectivity index (χ1v) is 6.83. The van der Waals surface area contributed by atoms with Gasteiger partial charge in [0.25, 0.3) is 0 Å². The molecule has 0 bridgehead atoms. The van der Waals surface area contributed by atoms with Gasteiger partial charge in [0.1, 0.15) is 6.67 Å². The Labute approximate surface area is 122 Å². The highest BCUT2D eigenvalue weighted by Gasteiger charge is 2.38. The highest BCUT2D eigenvalue weighted by atomic mass is 35.5. The third-order valence-electron chi connectivity index (χ3n) is 2.17. The number of halogens is 4. The summed E-state index contributed by atoms with van der Waals surface area (Å²) in [5, 5.41) is 0.424. The van der Waals surface area contributed by atoms with Crippen LogP contribution in [0.1, 0.15) is 0 Å². The van der Waals surface area contributed by atoms with Gasteiger partial charge < -0.3 is 0 Å². The maximum absolute atomic E-state index is 13.6. The molecule has 1 aliphatic rings. The number of hydrogen-bond acceptors (Lipinski definition) is 3. The van der Waals surface area contributed by atoms with Crippen molar-refractivity contribution < 1.29 is 9.28 Å². The number of carbonyl (C=O) groups excluding carboxylic acids is 1. The van der Waals surface area contributed by atoms with Crippen LogP contribution in [0.2, 0.25) is 5.02 Å². The van der Waals surface area contributed by atoms with Gasteiger partial charge in [-0.05, 0) is 30.1 Å². The van der Waals surface area contributed by atoms with Gasteiger partial charge in [0, 0.05) is 10.7 Å². The fourth-order valence-electron chi connectivity index (χ4n) is 1.43. The Balaban J connectivity index is 2.18. The largest absolute Gasteiger partial charge is 0.370 e. The van der Waals surface area contributed by atoms with Gasteiger partial charge in [0.05, 0.1) is 0 Å². The Kier molecular flexibility index (Phi) is 4.45. The molecule has 0 aromatic heterocycles. The van der Waals surface area contributed by atoms with Gasteiger partial charge in [-0.15, -0.1) is 4.41 Å². The second kappa shape index (κ2) is 5.71. The molecule has 18 heavy (non-hydrogen) atoms. The van der Waals surface area contributed by atoms with E-state index in [9.17, 15) is 9.28 Å². The zero-order chi connectivity index (χ0) is 13.3. The smallest absolute Gasteiger partial charge is 0.275 e. The number of alkyl halides is 2. The topological polar surface area (TPSA) is 26.8 Å². The molecule has 0 radical (unpaired) electrons. The Hall–Kier alpha value is -0.400. The summed E-state index contributed by atoms with van der Waals surface area (Å²) in [6, 6.07) is 5.75. The number of urea groups is 1. The molecule has 0 N–H and O–H groups in total. The summed E-state index contributed by atoms with van der Waals surface area (Å²) in [4.78, 5) is 12.9. The van der Waals surface area contributed by atoms with E-state index in [-0.39, 0.29) is 11.9 Å². The molecule has 1 fully saturated rings. The Bertz CT molecular complexity index is 464. The minimum absolute atomic E-state index is 0.00369. The average molecular weight is 331 g/mol. The van der Waals surface area contributed by atoms with Crippen molar-refractivity contribution in [2.45, 2.75) is 4.17 Å². The van der Waals surface area contributed by atoms with Gasteiger partial charge in [-0.3, -0.25) is 4.90 Å². The predicted molar refractivity (Wildman–Crippen MR) is 72.1 cm³/mol. The van der Waals surface area contributed by atoms with Crippen LogP contribution in [0.5, 0.6) is 0 Å². The Morgan fingerprint density at radius 1 is 1.39 bits per heavy atom. The average Bonchev–Trinajstić information content (AvgIpc) is 2.57. The number of rotatable bonds is 3. The Morgan fingerprint density at radius 2 is 2.11 bits per heavy atom. The third kappa shape index (κ3) is 2.95. The maximum atomic E-state index is 13.6. The number of anilines is 1. The molecule has 2 rings (SSSR count). The molecule has 9 heteroatoms. The molecule has 0 spiro atoms. The van der Waals surface area contributed by atoms with Crippen molar-refractivity contribution >= 4 is 58.5 Å². The van der Waals surface area contributed by atoms with Crippen molar-refractivity contribution in [1.82, 2.24) is 9.65 Å². The molecule has 4 nitrogen and oxygen atoms in total. The van der Waals surface area contributed by atoms with Crippen LogP contribution >= 0.6 is 46.8 Å². The van der Waals surface area contributed by atoms with Crippen molar-refractivity contribution in [2.24, 2.45) is 0 Å². The minimum Gasteiger partial charge on any atom is -0.275 e. The predicted octanol–water partition coefficient (Wildman–Crippen LogP) is 4.05. The van der Waals surface area contributed by atoms with Crippen LogP contribution in [-0.4, -0.2) is 26.5 Å². The van der Waals surface area contributed by atoms with E-state index in [0.717, 1.165) is 16.4 Å². The fourth-order valence-corrected chi connectivity index (χ4v) is 2.69. The SMILES string of the molecule is O=C1N(c2cccc(Cl)c2)CN(SC(Cl)Cl)N1F. The molecule has 0 atom stereocenters. The molecule has 2 amide bonds. The quantitative estimate of drug-likeness (QED) is 0.475. The zero-order valence-corrected chi connectivity index (χ0v) is 11.8. The number of hydrogen-bond donors (Lipinski definition) is 0. The van der Waals surface area contributed by atoms with Crippen molar-refractivity contribution in [3.8, 4) is 0 Å². The summed E-state index contributed by atoms with van der Waals surface area (Å²) >= 11 is 17.7. The summed E-state index contributed by atoms with van der Waals surface area (Å²) in [7, 11) is 0. The van der Waals surface area contributed by atoms with Crippen LogP contribution in [-0.2, 0) is 0 Å². The first kappa shape index (κ1) is 14.0.